The monoisotopic (exact) mass is 292 g/mol. The van der Waals surface area contributed by atoms with Gasteiger partial charge < -0.3 is 14.8 Å². The van der Waals surface area contributed by atoms with Crippen LogP contribution < -0.4 is 5.32 Å². The van der Waals surface area contributed by atoms with E-state index in [4.69, 9.17) is 9.47 Å². The van der Waals surface area contributed by atoms with E-state index in [9.17, 15) is 13.2 Å². The largest absolute Gasteiger partial charge is 0.416 e. The molecule has 1 heterocycles. The van der Waals surface area contributed by atoms with Crippen LogP contribution in [-0.2, 0) is 15.7 Å². The average molecular weight is 292 g/mol. The van der Waals surface area contributed by atoms with Gasteiger partial charge in [0.15, 0.2) is 0 Å². The van der Waals surface area contributed by atoms with Crippen LogP contribution in [0.4, 0.5) is 13.2 Å². The van der Waals surface area contributed by atoms with E-state index < -0.39 is 17.8 Å². The first-order chi connectivity index (χ1) is 9.50. The molecular weight excluding hydrogens is 273 g/mol. The number of hydrogen-bond acceptors (Lipinski definition) is 4. The number of halogens is 3. The zero-order valence-corrected chi connectivity index (χ0v) is 11.5. The van der Waals surface area contributed by atoms with Crippen molar-refractivity contribution in [1.29, 1.82) is 0 Å². The zero-order chi connectivity index (χ0) is 15.0. The fraction of sp³-hybridized carbons (Fsp3) is 0.615. The molecule has 0 bridgehead atoms. The van der Waals surface area contributed by atoms with Crippen molar-refractivity contribution in [2.75, 3.05) is 34.0 Å². The number of nitrogens with one attached hydrogen (secondary N) is 1. The molecule has 7 heteroatoms. The highest BCUT2D eigenvalue weighted by molar-refractivity contribution is 5.29. The average Bonchev–Trinajstić information content (AvgIpc) is 2.42. The summed E-state index contributed by atoms with van der Waals surface area (Å²) >= 11 is 0. The normalized spacial score (nSPS) is 13.4. The van der Waals surface area contributed by atoms with Crippen LogP contribution in [0.3, 0.4) is 0 Å². The van der Waals surface area contributed by atoms with E-state index in [1.807, 2.05) is 0 Å². The van der Waals surface area contributed by atoms with Crippen LogP contribution in [0, 0.1) is 0 Å². The lowest BCUT2D eigenvalue weighted by molar-refractivity contribution is -0.138. The molecule has 0 amide bonds. The Hall–Kier alpha value is -1.18. The molecule has 0 aromatic carbocycles. The molecule has 0 aliphatic carbocycles. The molecule has 1 atom stereocenters. The third-order valence-corrected chi connectivity index (χ3v) is 2.86. The van der Waals surface area contributed by atoms with E-state index in [0.717, 1.165) is 12.3 Å². The van der Waals surface area contributed by atoms with Gasteiger partial charge in [0, 0.05) is 32.2 Å². The van der Waals surface area contributed by atoms with E-state index in [2.05, 4.69) is 10.3 Å². The van der Waals surface area contributed by atoms with Gasteiger partial charge in [0.1, 0.15) is 0 Å². The second kappa shape index (κ2) is 8.18. The van der Waals surface area contributed by atoms with Crippen LogP contribution in [0.15, 0.2) is 18.5 Å². The van der Waals surface area contributed by atoms with Gasteiger partial charge in [-0.3, -0.25) is 4.98 Å². The van der Waals surface area contributed by atoms with Crippen molar-refractivity contribution < 1.29 is 22.6 Å². The van der Waals surface area contributed by atoms with Crippen molar-refractivity contribution in [2.45, 2.75) is 18.6 Å². The maximum Gasteiger partial charge on any atom is 0.416 e. The first-order valence-electron chi connectivity index (χ1n) is 6.25. The summed E-state index contributed by atoms with van der Waals surface area (Å²) in [6, 6.07) is 0.536. The predicted molar refractivity (Wildman–Crippen MR) is 68.4 cm³/mol. The van der Waals surface area contributed by atoms with Crippen LogP contribution in [0.1, 0.15) is 23.6 Å². The Bertz CT molecular complexity index is 399. The van der Waals surface area contributed by atoms with Crippen molar-refractivity contribution in [3.05, 3.63) is 29.6 Å². The second-order valence-electron chi connectivity index (χ2n) is 4.20. The summed E-state index contributed by atoms with van der Waals surface area (Å²) in [6.45, 7) is 1.23. The maximum absolute atomic E-state index is 12.9. The molecule has 0 saturated heterocycles. The molecule has 1 N–H and O–H groups in total. The minimum absolute atomic E-state index is 0.137. The van der Waals surface area contributed by atoms with Gasteiger partial charge in [-0.1, -0.05) is 0 Å². The molecule has 114 valence electrons. The van der Waals surface area contributed by atoms with Gasteiger partial charge in [-0.15, -0.1) is 0 Å². The summed E-state index contributed by atoms with van der Waals surface area (Å²) in [5, 5.41) is 2.87. The highest BCUT2D eigenvalue weighted by Gasteiger charge is 2.34. The lowest BCUT2D eigenvalue weighted by atomic mass is 10.0. The summed E-state index contributed by atoms with van der Waals surface area (Å²) in [5.41, 5.74) is -0.526. The Kier molecular flexibility index (Phi) is 6.90. The smallest absolute Gasteiger partial charge is 0.382 e. The van der Waals surface area contributed by atoms with Crippen LogP contribution in [0.2, 0.25) is 0 Å². The number of hydrogen-bond donors (Lipinski definition) is 1. The molecule has 1 unspecified atom stereocenters. The van der Waals surface area contributed by atoms with E-state index in [0.29, 0.717) is 26.2 Å². The second-order valence-corrected chi connectivity index (χ2v) is 4.20. The number of methoxy groups -OCH3 is 1. The standard InChI is InChI=1S/C13H19F3N2O2/c1-17-12(4-6-20-8-7-19-2)10-9-18-5-3-11(10)13(14,15)16/h3,5,9,12,17H,4,6-8H2,1-2H3. The van der Waals surface area contributed by atoms with Crippen molar-refractivity contribution in [1.82, 2.24) is 10.3 Å². The summed E-state index contributed by atoms with van der Waals surface area (Å²) in [4.78, 5) is 3.78. The quantitative estimate of drug-likeness (QED) is 0.747. The number of pyridine rings is 1. The van der Waals surface area contributed by atoms with Gasteiger partial charge in [-0.25, -0.2) is 0 Å². The van der Waals surface area contributed by atoms with Gasteiger partial charge in [0.25, 0.3) is 0 Å². The number of nitrogens with zero attached hydrogens (tertiary/aromatic N) is 1. The van der Waals surface area contributed by atoms with E-state index in [1.165, 1.54) is 6.20 Å². The van der Waals surface area contributed by atoms with Gasteiger partial charge in [0.05, 0.1) is 18.8 Å². The highest BCUT2D eigenvalue weighted by Crippen LogP contribution is 2.34. The molecule has 0 spiro atoms. The van der Waals surface area contributed by atoms with Crippen molar-refractivity contribution in [3.63, 3.8) is 0 Å². The topological polar surface area (TPSA) is 43.4 Å². The van der Waals surface area contributed by atoms with Crippen LogP contribution in [0.5, 0.6) is 0 Å². The first kappa shape index (κ1) is 16.9. The summed E-state index contributed by atoms with van der Waals surface area (Å²) in [7, 11) is 3.18. The SMILES string of the molecule is CNC(CCOCCOC)c1cnccc1C(F)(F)F. The summed E-state index contributed by atoms with van der Waals surface area (Å²) < 4.78 is 48.9. The minimum Gasteiger partial charge on any atom is -0.382 e. The van der Waals surface area contributed by atoms with Crippen LogP contribution in [0.25, 0.3) is 0 Å². The molecule has 0 fully saturated rings. The van der Waals surface area contributed by atoms with E-state index >= 15 is 0 Å². The van der Waals surface area contributed by atoms with E-state index in [-0.39, 0.29) is 5.56 Å². The molecule has 1 aromatic rings. The molecule has 0 aliphatic heterocycles. The molecule has 0 saturated carbocycles. The molecular formula is C13H19F3N2O2. The molecule has 4 nitrogen and oxygen atoms in total. The van der Waals surface area contributed by atoms with Gasteiger partial charge in [0.2, 0.25) is 0 Å². The lowest BCUT2D eigenvalue weighted by Gasteiger charge is -2.20. The third-order valence-electron chi connectivity index (χ3n) is 2.86. The number of rotatable bonds is 8. The third kappa shape index (κ3) is 5.07. The fourth-order valence-electron chi connectivity index (χ4n) is 1.84. The van der Waals surface area contributed by atoms with Crippen molar-refractivity contribution in [2.24, 2.45) is 0 Å². The maximum atomic E-state index is 12.9. The Labute approximate surface area is 116 Å². The van der Waals surface area contributed by atoms with Gasteiger partial charge in [-0.2, -0.15) is 13.2 Å². The summed E-state index contributed by atoms with van der Waals surface area (Å²) in [5.74, 6) is 0. The molecule has 0 aliphatic rings. The Balaban J connectivity index is 2.70. The Morgan fingerprint density at radius 1 is 1.30 bits per heavy atom. The van der Waals surface area contributed by atoms with Crippen LogP contribution in [-0.4, -0.2) is 39.0 Å². The number of ether oxygens (including phenoxy) is 2. The van der Waals surface area contributed by atoms with Crippen molar-refractivity contribution >= 4 is 0 Å². The molecule has 1 aromatic heterocycles. The summed E-state index contributed by atoms with van der Waals surface area (Å²) in [6.07, 6.45) is -1.56. The lowest BCUT2D eigenvalue weighted by Crippen LogP contribution is -2.23. The Morgan fingerprint density at radius 2 is 2.05 bits per heavy atom. The van der Waals surface area contributed by atoms with Gasteiger partial charge in [-0.05, 0) is 25.1 Å². The first-order valence-corrected chi connectivity index (χ1v) is 6.25. The number of aromatic nitrogens is 1. The van der Waals surface area contributed by atoms with Crippen LogP contribution >= 0.6 is 0 Å². The number of alkyl halides is 3. The van der Waals surface area contributed by atoms with Gasteiger partial charge >= 0.3 is 6.18 Å². The molecule has 1 rings (SSSR count). The Morgan fingerprint density at radius 3 is 2.65 bits per heavy atom. The molecule has 20 heavy (non-hydrogen) atoms. The predicted octanol–water partition coefficient (Wildman–Crippen LogP) is 2.41. The molecule has 0 radical (unpaired) electrons. The van der Waals surface area contributed by atoms with E-state index in [1.54, 1.807) is 14.2 Å². The van der Waals surface area contributed by atoms with Crippen molar-refractivity contribution in [3.8, 4) is 0 Å². The zero-order valence-electron chi connectivity index (χ0n) is 11.5. The minimum atomic E-state index is -4.38. The highest BCUT2D eigenvalue weighted by atomic mass is 19.4. The fourth-order valence-corrected chi connectivity index (χ4v) is 1.84.